The molecule has 2 fully saturated rings. The largest absolute Gasteiger partial charge is 0.360 e. The van der Waals surface area contributed by atoms with Gasteiger partial charge in [0.25, 0.3) is 5.91 Å². The van der Waals surface area contributed by atoms with Gasteiger partial charge in [-0.3, -0.25) is 14.2 Å². The Kier molecular flexibility index (Phi) is 4.97. The molecule has 28 heavy (non-hydrogen) atoms. The molecule has 1 N–H and O–H groups in total. The van der Waals surface area contributed by atoms with Gasteiger partial charge in [0.2, 0.25) is 5.91 Å². The molecule has 0 aromatic carbocycles. The molecule has 0 saturated carbocycles. The van der Waals surface area contributed by atoms with E-state index in [2.05, 4.69) is 10.5 Å². The second kappa shape index (κ2) is 7.43. The van der Waals surface area contributed by atoms with Crippen LogP contribution < -0.4 is 5.32 Å². The Morgan fingerprint density at radius 1 is 1.25 bits per heavy atom. The van der Waals surface area contributed by atoms with Gasteiger partial charge in [0.05, 0.1) is 12.1 Å². The summed E-state index contributed by atoms with van der Waals surface area (Å²) < 4.78 is 7.15. The Hall–Kier alpha value is -2.61. The number of aryl methyl sites for hydroxylation is 2. The molecule has 0 aliphatic carbocycles. The van der Waals surface area contributed by atoms with Crippen LogP contribution in [0.3, 0.4) is 0 Å². The first-order valence-electron chi connectivity index (χ1n) is 9.88. The van der Waals surface area contributed by atoms with Crippen LogP contribution in [0.2, 0.25) is 0 Å². The number of nitrogens with one attached hydrogen (secondary N) is 1. The summed E-state index contributed by atoms with van der Waals surface area (Å²) in [5, 5.41) is 7.20. The zero-order valence-corrected chi connectivity index (χ0v) is 16.7. The minimum Gasteiger partial charge on any atom is -0.360 e. The van der Waals surface area contributed by atoms with Crippen molar-refractivity contribution >= 4 is 11.8 Å². The number of rotatable bonds is 3. The van der Waals surface area contributed by atoms with Crippen LogP contribution in [0, 0.1) is 20.8 Å². The highest BCUT2D eigenvalue weighted by Crippen LogP contribution is 2.24. The summed E-state index contributed by atoms with van der Waals surface area (Å²) in [5.41, 5.74) is 2.49. The average molecular weight is 385 g/mol. The maximum atomic E-state index is 13.3. The summed E-state index contributed by atoms with van der Waals surface area (Å²) in [6.07, 6.45) is 1.86. The zero-order chi connectivity index (χ0) is 19.8. The number of amides is 2. The van der Waals surface area contributed by atoms with Gasteiger partial charge in [-0.2, -0.15) is 0 Å². The fourth-order valence-electron chi connectivity index (χ4n) is 4.36. The van der Waals surface area contributed by atoms with E-state index in [1.54, 1.807) is 0 Å². The summed E-state index contributed by atoms with van der Waals surface area (Å²) >= 11 is 0. The van der Waals surface area contributed by atoms with Crippen molar-refractivity contribution in [2.45, 2.75) is 39.7 Å². The molecule has 0 spiro atoms. The lowest BCUT2D eigenvalue weighted by molar-refractivity contribution is -0.135. The van der Waals surface area contributed by atoms with E-state index in [-0.39, 0.29) is 17.9 Å². The number of likely N-dealkylation sites (tertiary alicyclic amines) is 1. The van der Waals surface area contributed by atoms with Crippen LogP contribution in [-0.4, -0.2) is 70.1 Å². The number of nitrogens with zero attached hydrogens (tertiary/aromatic N) is 4. The van der Waals surface area contributed by atoms with E-state index < -0.39 is 0 Å². The van der Waals surface area contributed by atoms with Gasteiger partial charge >= 0.3 is 0 Å². The molecule has 8 nitrogen and oxygen atoms in total. The number of aromatic nitrogens is 2. The van der Waals surface area contributed by atoms with Crippen LogP contribution in [0.25, 0.3) is 5.82 Å². The molecule has 2 saturated heterocycles. The SMILES string of the molecule is Cc1cc(-n2c(C)cc(C(=O)N3CCCC(N4CCNCC4=O)C3)c2C)no1. The summed E-state index contributed by atoms with van der Waals surface area (Å²) in [7, 11) is 0. The molecule has 2 amide bonds. The van der Waals surface area contributed by atoms with Crippen LogP contribution in [0.5, 0.6) is 0 Å². The average Bonchev–Trinajstić information content (AvgIpc) is 3.24. The summed E-state index contributed by atoms with van der Waals surface area (Å²) in [4.78, 5) is 29.4. The monoisotopic (exact) mass is 385 g/mol. The van der Waals surface area contributed by atoms with Crippen LogP contribution in [0.1, 0.15) is 40.3 Å². The van der Waals surface area contributed by atoms with Crippen LogP contribution in [-0.2, 0) is 4.79 Å². The van der Waals surface area contributed by atoms with Crippen molar-refractivity contribution in [2.24, 2.45) is 0 Å². The lowest BCUT2D eigenvalue weighted by Gasteiger charge is -2.41. The van der Waals surface area contributed by atoms with Gasteiger partial charge in [0.15, 0.2) is 5.82 Å². The molecular weight excluding hydrogens is 358 g/mol. The molecule has 1 atom stereocenters. The van der Waals surface area contributed by atoms with Gasteiger partial charge in [-0.15, -0.1) is 0 Å². The third-order valence-corrected chi connectivity index (χ3v) is 5.76. The quantitative estimate of drug-likeness (QED) is 0.864. The lowest BCUT2D eigenvalue weighted by Crippen LogP contribution is -2.57. The van der Waals surface area contributed by atoms with Gasteiger partial charge in [-0.25, -0.2) is 0 Å². The van der Waals surface area contributed by atoms with Crippen LogP contribution in [0.15, 0.2) is 16.7 Å². The molecule has 0 bridgehead atoms. The molecule has 8 heteroatoms. The number of hydrogen-bond donors (Lipinski definition) is 1. The molecule has 2 aliphatic rings. The number of carbonyl (C=O) groups is 2. The maximum absolute atomic E-state index is 13.3. The molecule has 1 unspecified atom stereocenters. The summed E-state index contributed by atoms with van der Waals surface area (Å²) in [6.45, 7) is 8.99. The first kappa shape index (κ1) is 18.7. The first-order chi connectivity index (χ1) is 13.5. The van der Waals surface area contributed by atoms with Gasteiger partial charge in [0, 0.05) is 49.7 Å². The van der Waals surface area contributed by atoms with Gasteiger partial charge < -0.3 is 19.6 Å². The number of piperazine rings is 1. The third kappa shape index (κ3) is 3.32. The van der Waals surface area contributed by atoms with E-state index in [9.17, 15) is 9.59 Å². The number of piperidine rings is 1. The Morgan fingerprint density at radius 3 is 2.79 bits per heavy atom. The van der Waals surface area contributed by atoms with Crippen molar-refractivity contribution in [3.63, 3.8) is 0 Å². The van der Waals surface area contributed by atoms with Crippen molar-refractivity contribution < 1.29 is 14.1 Å². The molecule has 150 valence electrons. The predicted molar refractivity (Wildman–Crippen MR) is 104 cm³/mol. The number of carbonyl (C=O) groups excluding carboxylic acids is 2. The van der Waals surface area contributed by atoms with E-state index in [0.717, 1.165) is 43.1 Å². The van der Waals surface area contributed by atoms with Gasteiger partial charge in [-0.05, 0) is 39.7 Å². The minimum atomic E-state index is 0.0202. The number of hydrogen-bond acceptors (Lipinski definition) is 5. The predicted octanol–water partition coefficient (Wildman–Crippen LogP) is 1.43. The highest BCUT2D eigenvalue weighted by molar-refractivity contribution is 5.96. The van der Waals surface area contributed by atoms with E-state index in [1.165, 1.54) is 0 Å². The Balaban J connectivity index is 1.55. The zero-order valence-electron chi connectivity index (χ0n) is 16.7. The standard InChI is InChI=1S/C20H27N5O3/c1-13-9-17(15(3)25(13)18-10-14(2)28-22-18)20(27)23-7-4-5-16(12-23)24-8-6-21-11-19(24)26/h9-10,16,21H,4-8,11-12H2,1-3H3. The van der Waals surface area contributed by atoms with Crippen molar-refractivity contribution in [2.75, 3.05) is 32.7 Å². The summed E-state index contributed by atoms with van der Waals surface area (Å²) in [5.74, 6) is 1.57. The third-order valence-electron chi connectivity index (χ3n) is 5.76. The van der Waals surface area contributed by atoms with Crippen molar-refractivity contribution in [1.82, 2.24) is 24.8 Å². The summed E-state index contributed by atoms with van der Waals surface area (Å²) in [6, 6.07) is 3.89. The molecule has 0 radical (unpaired) electrons. The van der Waals surface area contributed by atoms with Crippen molar-refractivity contribution in [3.8, 4) is 5.82 Å². The highest BCUT2D eigenvalue weighted by atomic mass is 16.5. The van der Waals surface area contributed by atoms with Crippen LogP contribution >= 0.6 is 0 Å². The molecule has 4 rings (SSSR count). The van der Waals surface area contributed by atoms with Crippen molar-refractivity contribution in [3.05, 3.63) is 34.8 Å². The van der Waals surface area contributed by atoms with E-state index in [1.807, 2.05) is 47.3 Å². The van der Waals surface area contributed by atoms with E-state index in [4.69, 9.17) is 4.52 Å². The van der Waals surface area contributed by atoms with Crippen LogP contribution in [0.4, 0.5) is 0 Å². The smallest absolute Gasteiger partial charge is 0.255 e. The topological polar surface area (TPSA) is 83.6 Å². The Labute approximate surface area is 164 Å². The lowest BCUT2D eigenvalue weighted by atomic mass is 10.0. The second-order valence-corrected chi connectivity index (χ2v) is 7.73. The fraction of sp³-hybridized carbons (Fsp3) is 0.550. The highest BCUT2D eigenvalue weighted by Gasteiger charge is 2.33. The first-order valence-corrected chi connectivity index (χ1v) is 9.88. The molecule has 2 aliphatic heterocycles. The van der Waals surface area contributed by atoms with Gasteiger partial charge in [0.1, 0.15) is 5.76 Å². The molecular formula is C20H27N5O3. The van der Waals surface area contributed by atoms with E-state index in [0.29, 0.717) is 31.0 Å². The molecule has 2 aromatic heterocycles. The maximum Gasteiger partial charge on any atom is 0.255 e. The minimum absolute atomic E-state index is 0.0202. The Bertz CT molecular complexity index is 900. The molecule has 4 heterocycles. The Morgan fingerprint density at radius 2 is 2.07 bits per heavy atom. The fourth-order valence-corrected chi connectivity index (χ4v) is 4.36. The second-order valence-electron chi connectivity index (χ2n) is 7.73. The van der Waals surface area contributed by atoms with Gasteiger partial charge in [-0.1, -0.05) is 5.16 Å². The normalized spacial score (nSPS) is 20.7. The molecule has 2 aromatic rings. The van der Waals surface area contributed by atoms with E-state index >= 15 is 0 Å². The van der Waals surface area contributed by atoms with Crippen molar-refractivity contribution in [1.29, 1.82) is 0 Å².